The van der Waals surface area contributed by atoms with Gasteiger partial charge in [-0.2, -0.15) is 0 Å². The van der Waals surface area contributed by atoms with E-state index in [1.807, 2.05) is 0 Å². The van der Waals surface area contributed by atoms with E-state index < -0.39 is 0 Å². The van der Waals surface area contributed by atoms with E-state index in [9.17, 15) is 0 Å². The highest BCUT2D eigenvalue weighted by Gasteiger charge is 2.42. The van der Waals surface area contributed by atoms with Gasteiger partial charge in [-0.05, 0) is 43.9 Å². The van der Waals surface area contributed by atoms with E-state index in [-0.39, 0.29) is 0 Å². The molecule has 5 rings (SSSR count). The summed E-state index contributed by atoms with van der Waals surface area (Å²) in [6.07, 6.45) is 9.71. The average molecular weight is 315 g/mol. The van der Waals surface area contributed by atoms with Crippen molar-refractivity contribution >= 4 is 0 Å². The summed E-state index contributed by atoms with van der Waals surface area (Å²) >= 11 is 0. The lowest BCUT2D eigenvalue weighted by Gasteiger charge is -2.41. The minimum absolute atomic E-state index is 0.914. The van der Waals surface area contributed by atoms with E-state index >= 15 is 0 Å². The van der Waals surface area contributed by atoms with Crippen LogP contribution in [0, 0.1) is 11.8 Å². The maximum atomic E-state index is 4.48. The first-order valence-electron chi connectivity index (χ1n) is 9.74. The second-order valence-corrected chi connectivity index (χ2v) is 8.20. The molecule has 0 spiro atoms. The second-order valence-electron chi connectivity index (χ2n) is 8.20. The van der Waals surface area contributed by atoms with Gasteiger partial charge in [0.1, 0.15) is 11.6 Å². The number of hydrogen-bond donors (Lipinski definition) is 0. The first-order chi connectivity index (χ1) is 11.4. The van der Waals surface area contributed by atoms with Gasteiger partial charge < -0.3 is 4.57 Å². The molecular formula is C18H29N5. The van der Waals surface area contributed by atoms with Crippen molar-refractivity contribution < 1.29 is 0 Å². The van der Waals surface area contributed by atoms with Crippen molar-refractivity contribution in [3.8, 4) is 0 Å². The summed E-state index contributed by atoms with van der Waals surface area (Å²) in [6.45, 7) is 7.05. The number of hydrogen-bond acceptors (Lipinski definition) is 4. The van der Waals surface area contributed by atoms with Crippen molar-refractivity contribution in [2.24, 2.45) is 11.8 Å². The van der Waals surface area contributed by atoms with E-state index in [1.54, 1.807) is 0 Å². The lowest BCUT2D eigenvalue weighted by Crippen LogP contribution is -2.51. The number of rotatable bonds is 3. The van der Waals surface area contributed by atoms with Crippen LogP contribution in [-0.2, 0) is 19.5 Å². The number of fused-ring (bicyclic) bond motifs is 3. The molecule has 1 saturated heterocycles. The molecule has 3 atom stereocenters. The molecule has 2 aliphatic heterocycles. The number of aryl methyl sites for hydroxylation is 1. The molecule has 5 nitrogen and oxygen atoms in total. The van der Waals surface area contributed by atoms with Gasteiger partial charge in [-0.1, -0.05) is 6.42 Å². The SMILES string of the molecule is C1CCn2c(nnc2CN2CCN([C@H]3C[C@H]4CC[C@H]3C4)CC2)C1. The van der Waals surface area contributed by atoms with E-state index in [1.165, 1.54) is 76.4 Å². The molecule has 3 heterocycles. The molecule has 0 radical (unpaired) electrons. The predicted octanol–water partition coefficient (Wildman–Crippen LogP) is 1.92. The highest BCUT2D eigenvalue weighted by Crippen LogP contribution is 2.46. The van der Waals surface area contributed by atoms with E-state index in [4.69, 9.17) is 0 Å². The Balaban J connectivity index is 1.18. The van der Waals surface area contributed by atoms with Crippen molar-refractivity contribution in [1.82, 2.24) is 24.6 Å². The molecule has 126 valence electrons. The maximum Gasteiger partial charge on any atom is 0.147 e. The molecule has 0 aromatic carbocycles. The summed E-state index contributed by atoms with van der Waals surface area (Å²) in [6, 6.07) is 0.914. The van der Waals surface area contributed by atoms with Crippen LogP contribution in [0.5, 0.6) is 0 Å². The summed E-state index contributed by atoms with van der Waals surface area (Å²) in [5, 5.41) is 8.88. The molecule has 2 aliphatic carbocycles. The van der Waals surface area contributed by atoms with E-state index in [2.05, 4.69) is 24.6 Å². The molecule has 5 heteroatoms. The van der Waals surface area contributed by atoms with Crippen molar-refractivity contribution in [2.75, 3.05) is 26.2 Å². The first kappa shape index (κ1) is 14.4. The third-order valence-corrected chi connectivity index (χ3v) is 6.88. The van der Waals surface area contributed by atoms with Gasteiger partial charge in [0, 0.05) is 45.2 Å². The Kier molecular flexibility index (Phi) is 3.66. The molecule has 23 heavy (non-hydrogen) atoms. The fraction of sp³-hybridized carbons (Fsp3) is 0.889. The Morgan fingerprint density at radius 1 is 0.913 bits per heavy atom. The van der Waals surface area contributed by atoms with Crippen LogP contribution >= 0.6 is 0 Å². The lowest BCUT2D eigenvalue weighted by molar-refractivity contribution is 0.0662. The molecular weight excluding hydrogens is 286 g/mol. The quantitative estimate of drug-likeness (QED) is 0.854. The van der Waals surface area contributed by atoms with Gasteiger partial charge in [0.15, 0.2) is 0 Å². The van der Waals surface area contributed by atoms with Gasteiger partial charge in [-0.25, -0.2) is 0 Å². The number of piperazine rings is 1. The number of aromatic nitrogens is 3. The van der Waals surface area contributed by atoms with Crippen LogP contribution in [0.3, 0.4) is 0 Å². The molecule has 0 unspecified atom stereocenters. The van der Waals surface area contributed by atoms with Crippen molar-refractivity contribution in [2.45, 2.75) is 64.1 Å². The Morgan fingerprint density at radius 2 is 1.83 bits per heavy atom. The summed E-state index contributed by atoms with van der Waals surface area (Å²) < 4.78 is 2.38. The van der Waals surface area contributed by atoms with E-state index in [0.29, 0.717) is 0 Å². The second kappa shape index (κ2) is 5.85. The standard InChI is InChI=1S/C18H29N5/c1-2-6-23-17(3-1)19-20-18(23)13-21-7-9-22(10-8-21)16-12-14-4-5-15(16)11-14/h14-16H,1-13H2/t14-,15-,16-/m0/s1. The Bertz CT molecular complexity index is 560. The fourth-order valence-corrected chi connectivity index (χ4v) is 5.60. The topological polar surface area (TPSA) is 37.2 Å². The number of nitrogens with zero attached hydrogens (tertiary/aromatic N) is 5. The third-order valence-electron chi connectivity index (χ3n) is 6.88. The molecule has 3 fully saturated rings. The molecule has 0 N–H and O–H groups in total. The van der Waals surface area contributed by atoms with Gasteiger partial charge in [-0.15, -0.1) is 10.2 Å². The van der Waals surface area contributed by atoms with Gasteiger partial charge in [-0.3, -0.25) is 9.80 Å². The zero-order valence-electron chi connectivity index (χ0n) is 14.2. The highest BCUT2D eigenvalue weighted by molar-refractivity contribution is 5.00. The minimum Gasteiger partial charge on any atom is -0.314 e. The maximum absolute atomic E-state index is 4.48. The van der Waals surface area contributed by atoms with Crippen molar-refractivity contribution in [3.63, 3.8) is 0 Å². The largest absolute Gasteiger partial charge is 0.314 e. The highest BCUT2D eigenvalue weighted by atomic mass is 15.3. The first-order valence-corrected chi connectivity index (χ1v) is 9.74. The van der Waals surface area contributed by atoms with Crippen molar-refractivity contribution in [3.05, 3.63) is 11.6 Å². The molecule has 1 aromatic rings. The monoisotopic (exact) mass is 315 g/mol. The molecule has 2 saturated carbocycles. The fourth-order valence-electron chi connectivity index (χ4n) is 5.60. The Morgan fingerprint density at radius 3 is 2.61 bits per heavy atom. The van der Waals surface area contributed by atoms with Gasteiger partial charge >= 0.3 is 0 Å². The average Bonchev–Trinajstić information content (AvgIpc) is 3.31. The van der Waals surface area contributed by atoms with Crippen LogP contribution in [0.2, 0.25) is 0 Å². The van der Waals surface area contributed by atoms with Gasteiger partial charge in [0.05, 0.1) is 6.54 Å². The van der Waals surface area contributed by atoms with Crippen LogP contribution in [0.1, 0.15) is 50.2 Å². The normalized spacial score (nSPS) is 34.9. The summed E-state index contributed by atoms with van der Waals surface area (Å²) in [4.78, 5) is 5.40. The smallest absolute Gasteiger partial charge is 0.147 e. The summed E-state index contributed by atoms with van der Waals surface area (Å²) in [7, 11) is 0. The van der Waals surface area contributed by atoms with Crippen LogP contribution in [0.25, 0.3) is 0 Å². The zero-order valence-corrected chi connectivity index (χ0v) is 14.2. The van der Waals surface area contributed by atoms with Crippen LogP contribution in [0.15, 0.2) is 0 Å². The van der Waals surface area contributed by atoms with Gasteiger partial charge in [0.2, 0.25) is 0 Å². The summed E-state index contributed by atoms with van der Waals surface area (Å²) in [5.74, 6) is 4.50. The summed E-state index contributed by atoms with van der Waals surface area (Å²) in [5.41, 5.74) is 0. The van der Waals surface area contributed by atoms with Gasteiger partial charge in [0.25, 0.3) is 0 Å². The molecule has 1 aromatic heterocycles. The van der Waals surface area contributed by atoms with Crippen LogP contribution in [-0.4, -0.2) is 56.8 Å². The van der Waals surface area contributed by atoms with Crippen LogP contribution in [0.4, 0.5) is 0 Å². The Hall–Kier alpha value is -0.940. The molecule has 4 aliphatic rings. The van der Waals surface area contributed by atoms with Crippen molar-refractivity contribution in [1.29, 1.82) is 0 Å². The van der Waals surface area contributed by atoms with E-state index in [0.717, 1.165) is 37.4 Å². The Labute approximate surface area is 139 Å². The minimum atomic E-state index is 0.914. The van der Waals surface area contributed by atoms with Crippen LogP contribution < -0.4 is 0 Å². The molecule has 2 bridgehead atoms. The third kappa shape index (κ3) is 2.62. The predicted molar refractivity (Wildman–Crippen MR) is 89.0 cm³/mol. The lowest BCUT2D eigenvalue weighted by atomic mass is 9.93. The zero-order chi connectivity index (χ0) is 15.2. The molecule has 0 amide bonds.